The Bertz CT molecular complexity index is 891. The van der Waals surface area contributed by atoms with Gasteiger partial charge in [-0.15, -0.1) is 20.4 Å². The van der Waals surface area contributed by atoms with Crippen molar-refractivity contribution in [3.8, 4) is 11.5 Å². The lowest BCUT2D eigenvalue weighted by Crippen LogP contribution is -2.39. The maximum Gasteiger partial charge on any atom is 0.420 e. The third kappa shape index (κ3) is 3.40. The van der Waals surface area contributed by atoms with E-state index in [4.69, 9.17) is 4.42 Å². The molecule has 0 amide bonds. The van der Waals surface area contributed by atoms with Crippen molar-refractivity contribution in [1.29, 1.82) is 0 Å². The number of hydrogen-bond acceptors (Lipinski definition) is 8. The van der Waals surface area contributed by atoms with E-state index in [0.717, 1.165) is 24.2 Å². The average molecular weight is 382 g/mol. The van der Waals surface area contributed by atoms with Crippen LogP contribution in [0, 0.1) is 0 Å². The van der Waals surface area contributed by atoms with Crippen molar-refractivity contribution < 1.29 is 17.6 Å². The van der Waals surface area contributed by atoms with E-state index in [1.54, 1.807) is 6.07 Å². The number of aromatic nitrogens is 4. The smallest absolute Gasteiger partial charge is 0.420 e. The van der Waals surface area contributed by atoms with Crippen LogP contribution in [0.4, 0.5) is 19.0 Å². The average Bonchev–Trinajstić information content (AvgIpc) is 3.22. The summed E-state index contributed by atoms with van der Waals surface area (Å²) in [6.07, 6.45) is -3.22. The van der Waals surface area contributed by atoms with Crippen LogP contribution >= 0.6 is 11.3 Å². The van der Waals surface area contributed by atoms with Crippen LogP contribution in [0.2, 0.25) is 0 Å². The molecule has 0 aromatic carbocycles. The van der Waals surface area contributed by atoms with Crippen LogP contribution in [0.25, 0.3) is 11.5 Å². The van der Waals surface area contributed by atoms with Crippen molar-refractivity contribution >= 4 is 17.2 Å². The Morgan fingerprint density at radius 1 is 1.23 bits per heavy atom. The lowest BCUT2D eigenvalue weighted by molar-refractivity contribution is -0.137. The molecule has 4 rings (SSSR count). The van der Waals surface area contributed by atoms with Crippen molar-refractivity contribution in [1.82, 2.24) is 25.7 Å². The first-order valence-electron chi connectivity index (χ1n) is 7.76. The molecular formula is C15H13F3N6OS. The molecule has 26 heavy (non-hydrogen) atoms. The molecule has 4 heterocycles. The number of hydrogen-bond donors (Lipinski definition) is 2. The van der Waals surface area contributed by atoms with Crippen LogP contribution in [0.1, 0.15) is 21.5 Å². The van der Waals surface area contributed by atoms with E-state index < -0.39 is 11.7 Å². The summed E-state index contributed by atoms with van der Waals surface area (Å²) in [5.74, 6) is 0.201. The van der Waals surface area contributed by atoms with Crippen LogP contribution in [0.15, 0.2) is 28.9 Å². The highest BCUT2D eigenvalue weighted by Crippen LogP contribution is 2.36. The maximum atomic E-state index is 13.4. The first-order valence-corrected chi connectivity index (χ1v) is 8.58. The van der Waals surface area contributed by atoms with Gasteiger partial charge in [-0.2, -0.15) is 13.2 Å². The number of nitrogens with one attached hydrogen (secondary N) is 2. The standard InChI is InChI=1S/C15H13F3N6OS/c16-15(17,18)9-4-10(11-2-1-3-25-11)21-23-13(9)20-7-12-22-24-14(26-12)8-5-19-6-8/h1-4,8,19H,5-7H2,(H,20,23). The highest BCUT2D eigenvalue weighted by Gasteiger charge is 2.35. The Balaban J connectivity index is 1.54. The molecule has 1 saturated heterocycles. The molecule has 3 aromatic heterocycles. The number of furan rings is 1. The molecule has 3 aromatic rings. The molecule has 136 valence electrons. The van der Waals surface area contributed by atoms with Crippen LogP contribution < -0.4 is 10.6 Å². The van der Waals surface area contributed by atoms with Gasteiger partial charge in [-0.1, -0.05) is 11.3 Å². The van der Waals surface area contributed by atoms with Crippen LogP contribution in [-0.2, 0) is 12.7 Å². The van der Waals surface area contributed by atoms with Crippen molar-refractivity contribution in [2.24, 2.45) is 0 Å². The summed E-state index contributed by atoms with van der Waals surface area (Å²) in [6.45, 7) is 1.79. The largest absolute Gasteiger partial charge is 0.463 e. The Morgan fingerprint density at radius 3 is 2.73 bits per heavy atom. The van der Waals surface area contributed by atoms with Gasteiger partial charge < -0.3 is 15.1 Å². The van der Waals surface area contributed by atoms with Crippen LogP contribution in [0.5, 0.6) is 0 Å². The fraction of sp³-hybridized carbons (Fsp3) is 0.333. The Hall–Kier alpha value is -2.53. The summed E-state index contributed by atoms with van der Waals surface area (Å²) in [6, 6.07) is 4.01. The van der Waals surface area contributed by atoms with Crippen molar-refractivity contribution in [3.63, 3.8) is 0 Å². The maximum absolute atomic E-state index is 13.4. The number of alkyl halides is 3. The molecular weight excluding hydrogens is 369 g/mol. The Kier molecular flexibility index (Phi) is 4.32. The second kappa shape index (κ2) is 6.65. The van der Waals surface area contributed by atoms with E-state index in [-0.39, 0.29) is 23.8 Å². The molecule has 1 aliphatic rings. The van der Waals surface area contributed by atoms with Gasteiger partial charge in [-0.05, 0) is 18.2 Å². The monoisotopic (exact) mass is 382 g/mol. The first kappa shape index (κ1) is 16.9. The summed E-state index contributed by atoms with van der Waals surface area (Å²) in [7, 11) is 0. The van der Waals surface area contributed by atoms with Gasteiger partial charge in [0.25, 0.3) is 0 Å². The third-order valence-electron chi connectivity index (χ3n) is 3.89. The predicted molar refractivity (Wildman–Crippen MR) is 87.6 cm³/mol. The van der Waals surface area contributed by atoms with E-state index in [2.05, 4.69) is 31.0 Å². The van der Waals surface area contributed by atoms with Gasteiger partial charge in [0.15, 0.2) is 11.6 Å². The van der Waals surface area contributed by atoms with E-state index in [9.17, 15) is 13.2 Å². The molecule has 11 heteroatoms. The molecule has 1 fully saturated rings. The van der Waals surface area contributed by atoms with E-state index in [1.807, 2.05) is 0 Å². The summed E-state index contributed by atoms with van der Waals surface area (Å²) >= 11 is 1.38. The fourth-order valence-corrected chi connectivity index (χ4v) is 3.29. The van der Waals surface area contributed by atoms with Crippen molar-refractivity contribution in [2.75, 3.05) is 18.4 Å². The number of nitrogens with zero attached hydrogens (tertiary/aromatic N) is 4. The minimum Gasteiger partial charge on any atom is -0.463 e. The molecule has 0 radical (unpaired) electrons. The SMILES string of the molecule is FC(F)(F)c1cc(-c2ccco2)nnc1NCc1nnc(C2CNC2)s1. The van der Waals surface area contributed by atoms with Gasteiger partial charge in [-0.3, -0.25) is 0 Å². The molecule has 0 aliphatic carbocycles. The number of anilines is 1. The summed E-state index contributed by atoms with van der Waals surface area (Å²) in [5, 5.41) is 22.9. The molecule has 0 spiro atoms. The number of rotatable bonds is 5. The second-order valence-electron chi connectivity index (χ2n) is 5.71. The van der Waals surface area contributed by atoms with Gasteiger partial charge in [0.05, 0.1) is 12.8 Å². The molecule has 2 N–H and O–H groups in total. The lowest BCUT2D eigenvalue weighted by atomic mass is 10.1. The quantitative estimate of drug-likeness (QED) is 0.701. The van der Waals surface area contributed by atoms with Gasteiger partial charge in [-0.25, -0.2) is 0 Å². The molecule has 0 atom stereocenters. The van der Waals surface area contributed by atoms with Crippen molar-refractivity contribution in [3.05, 3.63) is 40.0 Å². The topological polar surface area (TPSA) is 88.8 Å². The Morgan fingerprint density at radius 2 is 2.08 bits per heavy atom. The zero-order valence-corrected chi connectivity index (χ0v) is 14.1. The minimum absolute atomic E-state index is 0.0172. The molecule has 1 aliphatic heterocycles. The van der Waals surface area contributed by atoms with Gasteiger partial charge in [0.1, 0.15) is 21.3 Å². The van der Waals surface area contributed by atoms with Gasteiger partial charge in [0, 0.05) is 19.0 Å². The fourth-order valence-electron chi connectivity index (χ4n) is 2.41. The van der Waals surface area contributed by atoms with Crippen LogP contribution in [0.3, 0.4) is 0 Å². The number of halogens is 3. The second-order valence-corrected chi connectivity index (χ2v) is 6.80. The zero-order chi connectivity index (χ0) is 18.1. The van der Waals surface area contributed by atoms with E-state index in [1.165, 1.54) is 23.7 Å². The molecule has 0 unspecified atom stereocenters. The van der Waals surface area contributed by atoms with Gasteiger partial charge >= 0.3 is 6.18 Å². The van der Waals surface area contributed by atoms with E-state index >= 15 is 0 Å². The van der Waals surface area contributed by atoms with Gasteiger partial charge in [0.2, 0.25) is 0 Å². The van der Waals surface area contributed by atoms with E-state index in [0.29, 0.717) is 10.9 Å². The summed E-state index contributed by atoms with van der Waals surface area (Å²) in [4.78, 5) is 0. The predicted octanol–water partition coefficient (Wildman–Crippen LogP) is 2.91. The summed E-state index contributed by atoms with van der Waals surface area (Å²) < 4.78 is 45.3. The zero-order valence-electron chi connectivity index (χ0n) is 13.2. The Labute approximate surface area is 149 Å². The highest BCUT2D eigenvalue weighted by molar-refractivity contribution is 7.11. The normalized spacial score (nSPS) is 15.0. The minimum atomic E-state index is -4.58. The highest BCUT2D eigenvalue weighted by atomic mass is 32.1. The van der Waals surface area contributed by atoms with Crippen molar-refractivity contribution in [2.45, 2.75) is 18.6 Å². The molecule has 7 nitrogen and oxygen atoms in total. The molecule has 0 saturated carbocycles. The third-order valence-corrected chi connectivity index (χ3v) is 4.98. The molecule has 0 bridgehead atoms. The summed E-state index contributed by atoms with van der Waals surface area (Å²) in [5.41, 5.74) is -0.893. The van der Waals surface area contributed by atoms with Crippen LogP contribution in [-0.4, -0.2) is 33.5 Å². The first-order chi connectivity index (χ1) is 12.5. The lowest BCUT2D eigenvalue weighted by Gasteiger charge is -2.24.